The van der Waals surface area contributed by atoms with Gasteiger partial charge in [-0.3, -0.25) is 0 Å². The molecule has 0 amide bonds. The maximum Gasteiger partial charge on any atom is 0.0556 e. The van der Waals surface area contributed by atoms with Crippen LogP contribution in [0.3, 0.4) is 0 Å². The third-order valence-corrected chi connectivity index (χ3v) is 5.68. The van der Waals surface area contributed by atoms with Crippen LogP contribution in [-0.4, -0.2) is 24.7 Å². The summed E-state index contributed by atoms with van der Waals surface area (Å²) in [6.45, 7) is 10.6. The number of rotatable bonds is 13. The number of hydrogen-bond donors (Lipinski definition) is 0. The van der Waals surface area contributed by atoms with E-state index in [1.807, 2.05) is 11.8 Å². The molecule has 2 heteroatoms. The van der Waals surface area contributed by atoms with Gasteiger partial charge in [-0.1, -0.05) is 76.8 Å². The molecule has 0 heterocycles. The van der Waals surface area contributed by atoms with Crippen LogP contribution in [0.4, 0.5) is 0 Å². The van der Waals surface area contributed by atoms with Gasteiger partial charge in [-0.25, -0.2) is 0 Å². The summed E-state index contributed by atoms with van der Waals surface area (Å²) in [5, 5.41) is 0. The van der Waals surface area contributed by atoms with Crippen LogP contribution in [-0.2, 0) is 10.2 Å². The van der Waals surface area contributed by atoms with Gasteiger partial charge in [-0.05, 0) is 48.6 Å². The van der Waals surface area contributed by atoms with Gasteiger partial charge in [-0.2, -0.15) is 11.8 Å². The summed E-state index contributed by atoms with van der Waals surface area (Å²) >= 11 is 2.03. The molecule has 0 unspecified atom stereocenters. The number of benzene rings is 1. The Morgan fingerprint density at radius 1 is 0.852 bits per heavy atom. The molecule has 0 atom stereocenters. The number of thioether (sulfide) groups is 1. The number of ether oxygens (including phenoxy) is 1. The second-order valence-corrected chi connectivity index (χ2v) is 9.39. The van der Waals surface area contributed by atoms with E-state index in [1.54, 1.807) is 0 Å². The van der Waals surface area contributed by atoms with Gasteiger partial charge in [0.15, 0.2) is 0 Å². The molecule has 0 N–H and O–H groups in total. The predicted octanol–water partition coefficient (Wildman–Crippen LogP) is 7.23. The first kappa shape index (κ1) is 24.1. The molecule has 0 spiro atoms. The van der Waals surface area contributed by atoms with Crippen molar-refractivity contribution in [1.29, 1.82) is 0 Å². The van der Waals surface area contributed by atoms with Gasteiger partial charge in [0.1, 0.15) is 0 Å². The Morgan fingerprint density at radius 2 is 1.48 bits per heavy atom. The topological polar surface area (TPSA) is 9.23 Å². The average Bonchev–Trinajstić information content (AvgIpc) is 2.64. The van der Waals surface area contributed by atoms with Crippen LogP contribution in [0, 0.1) is 11.8 Å². The standard InChI is InChI=1S/C25H40OS/c1-5-26-20-22-27-21-14-12-10-8-6-7-9-11-13-15-23-16-18-24(19-17-23)25(2,3)4/h16-19H,5-12,14,20-22H2,1-4H3. The maximum atomic E-state index is 5.34. The molecule has 0 radical (unpaired) electrons. The highest BCUT2D eigenvalue weighted by molar-refractivity contribution is 7.99. The highest BCUT2D eigenvalue weighted by Crippen LogP contribution is 2.21. The summed E-state index contributed by atoms with van der Waals surface area (Å²) in [5.41, 5.74) is 2.73. The fraction of sp³-hybridized carbons (Fsp3) is 0.680. The molecule has 27 heavy (non-hydrogen) atoms. The summed E-state index contributed by atoms with van der Waals surface area (Å²) in [7, 11) is 0. The van der Waals surface area contributed by atoms with Crippen molar-refractivity contribution in [2.24, 2.45) is 0 Å². The molecule has 0 aliphatic carbocycles. The summed E-state index contributed by atoms with van der Waals surface area (Å²) in [6.07, 6.45) is 10.4. The Bertz CT molecular complexity index is 530. The third-order valence-electron chi connectivity index (χ3n) is 4.65. The molecule has 0 fully saturated rings. The molecule has 0 saturated carbocycles. The molecule has 0 aliphatic rings. The Balaban J connectivity index is 1.96. The van der Waals surface area contributed by atoms with E-state index in [4.69, 9.17) is 4.74 Å². The smallest absolute Gasteiger partial charge is 0.0556 e. The zero-order valence-electron chi connectivity index (χ0n) is 18.1. The van der Waals surface area contributed by atoms with Crippen LogP contribution in [0.2, 0.25) is 0 Å². The second kappa shape index (κ2) is 15.1. The van der Waals surface area contributed by atoms with Crippen molar-refractivity contribution in [2.45, 2.75) is 84.5 Å². The summed E-state index contributed by atoms with van der Waals surface area (Å²) in [4.78, 5) is 0. The molecule has 1 rings (SSSR count). The molecule has 0 bridgehead atoms. The first-order chi connectivity index (χ1) is 13.0. The SMILES string of the molecule is CCOCCSCCCCCCCCCC#Cc1ccc(C(C)(C)C)cc1. The van der Waals surface area contributed by atoms with E-state index in [-0.39, 0.29) is 5.41 Å². The molecule has 152 valence electrons. The van der Waals surface area contributed by atoms with E-state index in [0.717, 1.165) is 31.0 Å². The van der Waals surface area contributed by atoms with Crippen molar-refractivity contribution in [3.63, 3.8) is 0 Å². The lowest BCUT2D eigenvalue weighted by Crippen LogP contribution is -2.10. The van der Waals surface area contributed by atoms with Crippen LogP contribution < -0.4 is 0 Å². The molecule has 0 aliphatic heterocycles. The lowest BCUT2D eigenvalue weighted by Gasteiger charge is -2.18. The Kier molecular flexibility index (Phi) is 13.5. The highest BCUT2D eigenvalue weighted by Gasteiger charge is 2.12. The molecule has 1 nitrogen and oxygen atoms in total. The zero-order valence-corrected chi connectivity index (χ0v) is 18.9. The number of hydrogen-bond acceptors (Lipinski definition) is 2. The monoisotopic (exact) mass is 388 g/mol. The van der Waals surface area contributed by atoms with Gasteiger partial charge in [0.25, 0.3) is 0 Å². The Labute approximate surface area is 173 Å². The van der Waals surface area contributed by atoms with Crippen molar-refractivity contribution >= 4 is 11.8 Å². The Hall–Kier alpha value is -0.910. The molecular weight excluding hydrogens is 348 g/mol. The minimum atomic E-state index is 0.217. The van der Waals surface area contributed by atoms with Gasteiger partial charge < -0.3 is 4.74 Å². The minimum Gasteiger partial charge on any atom is -0.381 e. The predicted molar refractivity (Wildman–Crippen MR) is 123 cm³/mol. The molecule has 1 aromatic carbocycles. The second-order valence-electron chi connectivity index (χ2n) is 8.16. The van der Waals surface area contributed by atoms with Crippen molar-refractivity contribution in [3.8, 4) is 11.8 Å². The first-order valence-electron chi connectivity index (χ1n) is 10.8. The van der Waals surface area contributed by atoms with Gasteiger partial charge in [0.05, 0.1) is 6.61 Å². The van der Waals surface area contributed by atoms with Gasteiger partial charge in [-0.15, -0.1) is 0 Å². The zero-order chi connectivity index (χ0) is 19.8. The van der Waals surface area contributed by atoms with E-state index < -0.39 is 0 Å². The molecule has 1 aromatic rings. The largest absolute Gasteiger partial charge is 0.381 e. The van der Waals surface area contributed by atoms with Gasteiger partial charge in [0.2, 0.25) is 0 Å². The van der Waals surface area contributed by atoms with E-state index in [1.165, 1.54) is 56.3 Å². The highest BCUT2D eigenvalue weighted by atomic mass is 32.2. The summed E-state index contributed by atoms with van der Waals surface area (Å²) in [6, 6.07) is 8.73. The van der Waals surface area contributed by atoms with Crippen LogP contribution >= 0.6 is 11.8 Å². The van der Waals surface area contributed by atoms with Crippen molar-refractivity contribution in [3.05, 3.63) is 35.4 Å². The van der Waals surface area contributed by atoms with Gasteiger partial charge in [0, 0.05) is 24.3 Å². The van der Waals surface area contributed by atoms with E-state index in [2.05, 4.69) is 63.8 Å². The van der Waals surface area contributed by atoms with Gasteiger partial charge >= 0.3 is 0 Å². The lowest BCUT2D eigenvalue weighted by atomic mass is 9.87. The van der Waals surface area contributed by atoms with E-state index in [9.17, 15) is 0 Å². The van der Waals surface area contributed by atoms with Crippen LogP contribution in [0.5, 0.6) is 0 Å². The van der Waals surface area contributed by atoms with Crippen molar-refractivity contribution in [1.82, 2.24) is 0 Å². The molecule has 0 aromatic heterocycles. The fourth-order valence-electron chi connectivity index (χ4n) is 2.88. The van der Waals surface area contributed by atoms with Crippen LogP contribution in [0.1, 0.15) is 90.2 Å². The van der Waals surface area contributed by atoms with E-state index in [0.29, 0.717) is 0 Å². The fourth-order valence-corrected chi connectivity index (χ4v) is 3.73. The first-order valence-corrected chi connectivity index (χ1v) is 11.9. The minimum absolute atomic E-state index is 0.217. The van der Waals surface area contributed by atoms with Crippen molar-refractivity contribution < 1.29 is 4.74 Å². The van der Waals surface area contributed by atoms with Crippen LogP contribution in [0.25, 0.3) is 0 Å². The average molecular weight is 389 g/mol. The Morgan fingerprint density at radius 3 is 2.11 bits per heavy atom. The van der Waals surface area contributed by atoms with E-state index >= 15 is 0 Å². The number of unbranched alkanes of at least 4 members (excludes halogenated alkanes) is 7. The normalized spacial score (nSPS) is 11.3. The molecule has 0 saturated heterocycles. The quantitative estimate of drug-likeness (QED) is 0.260. The third kappa shape index (κ3) is 13.0. The maximum absolute atomic E-state index is 5.34. The lowest BCUT2D eigenvalue weighted by molar-refractivity contribution is 0.164. The molecular formula is C25H40OS. The van der Waals surface area contributed by atoms with Crippen molar-refractivity contribution in [2.75, 3.05) is 24.7 Å². The summed E-state index contributed by atoms with van der Waals surface area (Å²) in [5.74, 6) is 9.08. The van der Waals surface area contributed by atoms with Crippen LogP contribution in [0.15, 0.2) is 24.3 Å². The summed E-state index contributed by atoms with van der Waals surface area (Å²) < 4.78 is 5.34.